The number of benzene rings is 1. The number of likely N-dealkylation sites (tertiary alicyclic amines) is 1. The summed E-state index contributed by atoms with van der Waals surface area (Å²) in [5, 5.41) is 4.25. The molecule has 3 rings (SSSR count). The van der Waals surface area contributed by atoms with Crippen LogP contribution in [0.5, 0.6) is 0 Å². The average molecular weight is 297 g/mol. The molecule has 1 amide bonds. The lowest BCUT2D eigenvalue weighted by Gasteiger charge is -2.33. The molecule has 1 N–H and O–H groups in total. The van der Waals surface area contributed by atoms with Crippen LogP contribution in [0.1, 0.15) is 28.9 Å². The molecule has 1 aromatic carbocycles. The summed E-state index contributed by atoms with van der Waals surface area (Å²) < 4.78 is 0. The molecular weight excluding hydrogens is 274 g/mol. The number of aryl methyl sites for hydroxylation is 1. The summed E-state index contributed by atoms with van der Waals surface area (Å²) in [7, 11) is 1.97. The number of rotatable bonds is 3. The molecule has 0 spiro atoms. The molecule has 0 saturated carbocycles. The fourth-order valence-electron chi connectivity index (χ4n) is 3.29. The van der Waals surface area contributed by atoms with Crippen molar-refractivity contribution < 1.29 is 4.79 Å². The fraction of sp³-hybridized carbons (Fsp3) is 0.444. The zero-order valence-electron chi connectivity index (χ0n) is 13.3. The summed E-state index contributed by atoms with van der Waals surface area (Å²) in [6.45, 7) is 4.62. The number of fused-ring (bicyclic) bond motifs is 1. The number of pyridine rings is 1. The topological polar surface area (TPSA) is 45.2 Å². The molecule has 4 nitrogen and oxygen atoms in total. The molecule has 0 radical (unpaired) electrons. The van der Waals surface area contributed by atoms with Gasteiger partial charge in [0.1, 0.15) is 0 Å². The van der Waals surface area contributed by atoms with Crippen molar-refractivity contribution in [3.63, 3.8) is 0 Å². The normalized spacial score (nSPS) is 18.6. The van der Waals surface area contributed by atoms with Gasteiger partial charge in [-0.05, 0) is 51.4 Å². The molecule has 1 fully saturated rings. The van der Waals surface area contributed by atoms with Gasteiger partial charge in [0.2, 0.25) is 0 Å². The standard InChI is InChI=1S/C18H23N3O/c1-13-8-9-15-6-3-7-16(17(15)20-13)18(22)21-10-4-5-14(12-21)11-19-2/h3,6-9,14,19H,4-5,10-12H2,1-2H3. The van der Waals surface area contributed by atoms with Crippen LogP contribution < -0.4 is 5.32 Å². The first-order valence-corrected chi connectivity index (χ1v) is 7.99. The lowest BCUT2D eigenvalue weighted by molar-refractivity contribution is 0.0676. The van der Waals surface area contributed by atoms with Gasteiger partial charge >= 0.3 is 0 Å². The predicted molar refractivity (Wildman–Crippen MR) is 89.0 cm³/mol. The van der Waals surface area contributed by atoms with Gasteiger partial charge in [-0.15, -0.1) is 0 Å². The number of para-hydroxylation sites is 1. The van der Waals surface area contributed by atoms with Gasteiger partial charge in [0.15, 0.2) is 0 Å². The summed E-state index contributed by atoms with van der Waals surface area (Å²) >= 11 is 0. The zero-order valence-corrected chi connectivity index (χ0v) is 13.3. The Kier molecular flexibility index (Phi) is 4.39. The number of piperidine rings is 1. The van der Waals surface area contributed by atoms with E-state index in [-0.39, 0.29) is 5.91 Å². The van der Waals surface area contributed by atoms with E-state index in [1.165, 1.54) is 6.42 Å². The van der Waals surface area contributed by atoms with Crippen LogP contribution in [0.4, 0.5) is 0 Å². The molecule has 1 saturated heterocycles. The second-order valence-corrected chi connectivity index (χ2v) is 6.15. The highest BCUT2D eigenvalue weighted by Crippen LogP contribution is 2.22. The molecule has 2 heterocycles. The second kappa shape index (κ2) is 6.44. The van der Waals surface area contributed by atoms with Crippen molar-refractivity contribution in [2.45, 2.75) is 19.8 Å². The van der Waals surface area contributed by atoms with Gasteiger partial charge in [0.05, 0.1) is 11.1 Å². The summed E-state index contributed by atoms with van der Waals surface area (Å²) in [6.07, 6.45) is 2.27. The Bertz CT molecular complexity index is 681. The Balaban J connectivity index is 1.90. The first-order valence-electron chi connectivity index (χ1n) is 7.99. The number of aromatic nitrogens is 1. The van der Waals surface area contributed by atoms with E-state index < -0.39 is 0 Å². The third-order valence-corrected chi connectivity index (χ3v) is 4.39. The van der Waals surface area contributed by atoms with Gasteiger partial charge in [0.25, 0.3) is 5.91 Å². The van der Waals surface area contributed by atoms with Crippen LogP contribution in [-0.4, -0.2) is 42.5 Å². The minimum Gasteiger partial charge on any atom is -0.338 e. The fourth-order valence-corrected chi connectivity index (χ4v) is 3.29. The Morgan fingerprint density at radius 3 is 3.05 bits per heavy atom. The van der Waals surface area contributed by atoms with Gasteiger partial charge in [-0.25, -0.2) is 0 Å². The van der Waals surface area contributed by atoms with Gasteiger partial charge in [-0.2, -0.15) is 0 Å². The van der Waals surface area contributed by atoms with Crippen molar-refractivity contribution in [3.8, 4) is 0 Å². The van der Waals surface area contributed by atoms with Gasteiger partial charge in [-0.1, -0.05) is 18.2 Å². The highest BCUT2D eigenvalue weighted by atomic mass is 16.2. The maximum Gasteiger partial charge on any atom is 0.256 e. The van der Waals surface area contributed by atoms with E-state index in [2.05, 4.69) is 10.3 Å². The van der Waals surface area contributed by atoms with Gasteiger partial charge in [-0.3, -0.25) is 9.78 Å². The zero-order chi connectivity index (χ0) is 15.5. The molecular formula is C18H23N3O. The lowest BCUT2D eigenvalue weighted by Crippen LogP contribution is -2.42. The number of hydrogen-bond acceptors (Lipinski definition) is 3. The summed E-state index contributed by atoms with van der Waals surface area (Å²) in [6, 6.07) is 9.88. The summed E-state index contributed by atoms with van der Waals surface area (Å²) in [5.74, 6) is 0.664. The monoisotopic (exact) mass is 297 g/mol. The van der Waals surface area contributed by atoms with Crippen molar-refractivity contribution >= 4 is 16.8 Å². The van der Waals surface area contributed by atoms with E-state index in [0.717, 1.165) is 48.2 Å². The van der Waals surface area contributed by atoms with Crippen LogP contribution in [0.2, 0.25) is 0 Å². The maximum atomic E-state index is 12.9. The Labute approximate surface area is 131 Å². The second-order valence-electron chi connectivity index (χ2n) is 6.15. The van der Waals surface area contributed by atoms with E-state index in [1.807, 2.05) is 49.2 Å². The van der Waals surface area contributed by atoms with Crippen LogP contribution in [0, 0.1) is 12.8 Å². The quantitative estimate of drug-likeness (QED) is 0.947. The molecule has 0 aliphatic carbocycles. The number of amides is 1. The SMILES string of the molecule is CNCC1CCCN(C(=O)c2cccc3ccc(C)nc23)C1. The Morgan fingerprint density at radius 1 is 1.36 bits per heavy atom. The minimum atomic E-state index is 0.115. The molecule has 2 aromatic rings. The molecule has 1 aliphatic rings. The molecule has 0 bridgehead atoms. The first kappa shape index (κ1) is 15.0. The largest absolute Gasteiger partial charge is 0.338 e. The van der Waals surface area contributed by atoms with Gasteiger partial charge in [0, 0.05) is 24.2 Å². The van der Waals surface area contributed by atoms with Crippen molar-refractivity contribution in [1.29, 1.82) is 0 Å². The molecule has 1 aromatic heterocycles. The van der Waals surface area contributed by atoms with Gasteiger partial charge < -0.3 is 10.2 Å². The summed E-state index contributed by atoms with van der Waals surface area (Å²) in [5.41, 5.74) is 2.49. The maximum absolute atomic E-state index is 12.9. The molecule has 1 unspecified atom stereocenters. The van der Waals surface area contributed by atoms with Crippen molar-refractivity contribution in [2.24, 2.45) is 5.92 Å². The predicted octanol–water partition coefficient (Wildman–Crippen LogP) is 2.61. The lowest BCUT2D eigenvalue weighted by atomic mass is 9.97. The number of nitrogens with zero attached hydrogens (tertiary/aromatic N) is 2. The number of carbonyl (C=O) groups excluding carboxylic acids is 1. The number of carbonyl (C=O) groups is 1. The average Bonchev–Trinajstić information content (AvgIpc) is 2.54. The van der Waals surface area contributed by atoms with Crippen molar-refractivity contribution in [3.05, 3.63) is 41.6 Å². The highest BCUT2D eigenvalue weighted by Gasteiger charge is 2.25. The third kappa shape index (κ3) is 2.97. The Hall–Kier alpha value is -1.94. The van der Waals surface area contributed by atoms with Crippen molar-refractivity contribution in [2.75, 3.05) is 26.7 Å². The smallest absolute Gasteiger partial charge is 0.256 e. The molecule has 116 valence electrons. The summed E-state index contributed by atoms with van der Waals surface area (Å²) in [4.78, 5) is 19.5. The first-order chi connectivity index (χ1) is 10.7. The van der Waals surface area contributed by atoms with Crippen LogP contribution >= 0.6 is 0 Å². The van der Waals surface area contributed by atoms with Crippen molar-refractivity contribution in [1.82, 2.24) is 15.2 Å². The van der Waals surface area contributed by atoms with E-state index in [9.17, 15) is 4.79 Å². The Morgan fingerprint density at radius 2 is 2.23 bits per heavy atom. The van der Waals surface area contributed by atoms with Crippen LogP contribution in [0.25, 0.3) is 10.9 Å². The molecule has 1 atom stereocenters. The van der Waals surface area contributed by atoms with Crippen LogP contribution in [0.15, 0.2) is 30.3 Å². The highest BCUT2D eigenvalue weighted by molar-refractivity contribution is 6.05. The van der Waals surface area contributed by atoms with E-state index in [4.69, 9.17) is 0 Å². The van der Waals surface area contributed by atoms with E-state index in [1.54, 1.807) is 0 Å². The molecule has 1 aliphatic heterocycles. The molecule has 4 heteroatoms. The van der Waals surface area contributed by atoms with Crippen LogP contribution in [0.3, 0.4) is 0 Å². The molecule has 22 heavy (non-hydrogen) atoms. The minimum absolute atomic E-state index is 0.115. The number of hydrogen-bond donors (Lipinski definition) is 1. The number of nitrogens with one attached hydrogen (secondary N) is 1. The van der Waals surface area contributed by atoms with E-state index >= 15 is 0 Å². The van der Waals surface area contributed by atoms with Crippen LogP contribution in [-0.2, 0) is 0 Å². The third-order valence-electron chi connectivity index (χ3n) is 4.39. The van der Waals surface area contributed by atoms with E-state index in [0.29, 0.717) is 5.92 Å².